The molecule has 0 saturated carbocycles. The van der Waals surface area contributed by atoms with Crippen molar-refractivity contribution in [3.8, 4) is 0 Å². The van der Waals surface area contributed by atoms with Crippen molar-refractivity contribution < 1.29 is 14.3 Å². The summed E-state index contributed by atoms with van der Waals surface area (Å²) in [4.78, 5) is 24.4. The Morgan fingerprint density at radius 3 is 2.50 bits per heavy atom. The Morgan fingerprint density at radius 1 is 1.56 bits per heavy atom. The maximum atomic E-state index is 11.8. The van der Waals surface area contributed by atoms with Gasteiger partial charge in [0.2, 0.25) is 0 Å². The van der Waals surface area contributed by atoms with Crippen molar-refractivity contribution in [1.29, 1.82) is 0 Å². The monoisotopic (exact) mass is 225 g/mol. The summed E-state index contributed by atoms with van der Waals surface area (Å²) in [6.45, 7) is 9.60. The van der Waals surface area contributed by atoms with Gasteiger partial charge in [-0.25, -0.2) is 4.79 Å². The van der Waals surface area contributed by atoms with Crippen LogP contribution in [0.2, 0.25) is 0 Å². The Hall–Kier alpha value is -1.32. The van der Waals surface area contributed by atoms with Crippen molar-refractivity contribution in [2.75, 3.05) is 6.54 Å². The highest BCUT2D eigenvalue weighted by molar-refractivity contribution is 5.79. The quantitative estimate of drug-likeness (QED) is 0.546. The van der Waals surface area contributed by atoms with Gasteiger partial charge in [-0.1, -0.05) is 6.08 Å². The lowest BCUT2D eigenvalue weighted by molar-refractivity contribution is -0.126. The first-order chi connectivity index (χ1) is 7.34. The van der Waals surface area contributed by atoms with Gasteiger partial charge in [-0.2, -0.15) is 0 Å². The number of likely N-dealkylation sites (tertiary alicyclic amines) is 1. The molecule has 4 nitrogen and oxygen atoms in total. The molecule has 0 spiro atoms. The molecule has 1 saturated heterocycles. The second-order valence-electron chi connectivity index (χ2n) is 5.10. The minimum absolute atomic E-state index is 0.423. The Bertz CT molecular complexity index is 306. The third-order valence-electron chi connectivity index (χ3n) is 2.64. The van der Waals surface area contributed by atoms with Gasteiger partial charge in [0, 0.05) is 6.54 Å². The fourth-order valence-electron chi connectivity index (χ4n) is 1.73. The number of nitrogens with zero attached hydrogens (tertiary/aromatic N) is 1. The van der Waals surface area contributed by atoms with Crippen molar-refractivity contribution in [3.63, 3.8) is 0 Å². The number of hydrogen-bond donors (Lipinski definition) is 0. The average Bonchev–Trinajstić information content (AvgIpc) is 2.08. The largest absolute Gasteiger partial charge is 0.444 e. The molecule has 1 rings (SSSR count). The summed E-state index contributed by atoms with van der Waals surface area (Å²) in [5.41, 5.74) is -1.25. The molecule has 1 amide bonds. The van der Waals surface area contributed by atoms with Gasteiger partial charge < -0.3 is 9.53 Å². The van der Waals surface area contributed by atoms with Crippen molar-refractivity contribution >= 4 is 12.4 Å². The van der Waals surface area contributed by atoms with E-state index in [-0.39, 0.29) is 0 Å². The number of carbonyl (C=O) groups is 2. The Morgan fingerprint density at radius 2 is 2.19 bits per heavy atom. The third kappa shape index (κ3) is 2.43. The molecule has 1 atom stereocenters. The molecule has 1 aliphatic heterocycles. The highest BCUT2D eigenvalue weighted by Gasteiger charge is 2.48. The van der Waals surface area contributed by atoms with Crippen molar-refractivity contribution in [1.82, 2.24) is 4.90 Å². The number of carbonyl (C=O) groups excluding carboxylic acids is 2. The first-order valence-electron chi connectivity index (χ1n) is 5.42. The van der Waals surface area contributed by atoms with Crippen LogP contribution in [-0.4, -0.2) is 35.0 Å². The zero-order valence-corrected chi connectivity index (χ0v) is 10.2. The van der Waals surface area contributed by atoms with E-state index in [0.29, 0.717) is 19.4 Å². The van der Waals surface area contributed by atoms with Crippen LogP contribution in [0.4, 0.5) is 4.79 Å². The zero-order valence-electron chi connectivity index (χ0n) is 10.2. The molecule has 1 aliphatic rings. The summed E-state index contributed by atoms with van der Waals surface area (Å²) in [7, 11) is 0. The smallest absolute Gasteiger partial charge is 0.411 e. The van der Waals surface area contributed by atoms with E-state index in [4.69, 9.17) is 4.74 Å². The molecule has 4 heteroatoms. The lowest BCUT2D eigenvalue weighted by Crippen LogP contribution is -2.63. The number of amides is 1. The van der Waals surface area contributed by atoms with Gasteiger partial charge in [-0.3, -0.25) is 4.90 Å². The van der Waals surface area contributed by atoms with Crippen molar-refractivity contribution in [2.24, 2.45) is 0 Å². The first-order valence-corrected chi connectivity index (χ1v) is 5.42. The van der Waals surface area contributed by atoms with Crippen LogP contribution in [0, 0.1) is 0 Å². The van der Waals surface area contributed by atoms with Crippen LogP contribution in [0.3, 0.4) is 0 Å². The number of hydrogen-bond acceptors (Lipinski definition) is 3. The van der Waals surface area contributed by atoms with Gasteiger partial charge in [-0.15, -0.1) is 6.58 Å². The second-order valence-corrected chi connectivity index (χ2v) is 5.10. The van der Waals surface area contributed by atoms with Crippen LogP contribution in [0.1, 0.15) is 33.6 Å². The fourth-order valence-corrected chi connectivity index (χ4v) is 1.73. The zero-order chi connectivity index (χ0) is 12.4. The Balaban J connectivity index is 2.70. The molecule has 0 aromatic rings. The van der Waals surface area contributed by atoms with Crippen LogP contribution >= 0.6 is 0 Å². The molecule has 1 heterocycles. The van der Waals surface area contributed by atoms with Crippen LogP contribution in [0.15, 0.2) is 12.7 Å². The van der Waals surface area contributed by atoms with E-state index in [1.165, 1.54) is 4.90 Å². The molecule has 0 aromatic carbocycles. The van der Waals surface area contributed by atoms with E-state index >= 15 is 0 Å². The van der Waals surface area contributed by atoms with Crippen LogP contribution in [0.25, 0.3) is 0 Å². The van der Waals surface area contributed by atoms with Gasteiger partial charge in [0.05, 0.1) is 0 Å². The number of aldehydes is 1. The molecule has 0 N–H and O–H groups in total. The second kappa shape index (κ2) is 4.28. The lowest BCUT2D eigenvalue weighted by atomic mass is 9.83. The molecular weight excluding hydrogens is 206 g/mol. The highest BCUT2D eigenvalue weighted by atomic mass is 16.6. The molecule has 0 radical (unpaired) electrons. The fraction of sp³-hybridized carbons (Fsp3) is 0.667. The summed E-state index contributed by atoms with van der Waals surface area (Å²) in [5, 5.41) is 0. The summed E-state index contributed by atoms with van der Waals surface area (Å²) in [6, 6.07) is 0. The topological polar surface area (TPSA) is 46.6 Å². The van der Waals surface area contributed by atoms with Crippen LogP contribution < -0.4 is 0 Å². The van der Waals surface area contributed by atoms with E-state index in [0.717, 1.165) is 6.29 Å². The minimum atomic E-state index is -0.718. The maximum Gasteiger partial charge on any atom is 0.411 e. The summed E-state index contributed by atoms with van der Waals surface area (Å²) < 4.78 is 5.24. The highest BCUT2D eigenvalue weighted by Crippen LogP contribution is 2.33. The van der Waals surface area contributed by atoms with Crippen molar-refractivity contribution in [3.05, 3.63) is 12.7 Å². The van der Waals surface area contributed by atoms with Gasteiger partial charge >= 0.3 is 6.09 Å². The lowest BCUT2D eigenvalue weighted by Gasteiger charge is -2.48. The molecule has 0 aromatic heterocycles. The van der Waals surface area contributed by atoms with Gasteiger partial charge in [0.1, 0.15) is 17.4 Å². The third-order valence-corrected chi connectivity index (χ3v) is 2.64. The predicted octanol–water partition coefficient (Wildman–Crippen LogP) is 2.14. The normalized spacial score (nSPS) is 24.6. The standard InChI is InChI=1S/C12H19NO3/c1-5-6-12(9-14)7-8-13(12)10(15)16-11(2,3)4/h5,9H,1,6-8H2,2-4H3. The maximum absolute atomic E-state index is 11.8. The molecule has 1 unspecified atom stereocenters. The molecule has 0 bridgehead atoms. The minimum Gasteiger partial charge on any atom is -0.444 e. The molecule has 90 valence electrons. The van der Waals surface area contributed by atoms with Crippen molar-refractivity contribution in [2.45, 2.75) is 44.8 Å². The van der Waals surface area contributed by atoms with E-state index < -0.39 is 17.2 Å². The Kier molecular flexibility index (Phi) is 3.41. The molecule has 16 heavy (non-hydrogen) atoms. The van der Waals surface area contributed by atoms with Crippen LogP contribution in [-0.2, 0) is 9.53 Å². The summed E-state index contributed by atoms with van der Waals surface area (Å²) >= 11 is 0. The number of ether oxygens (including phenoxy) is 1. The van der Waals surface area contributed by atoms with E-state index in [9.17, 15) is 9.59 Å². The van der Waals surface area contributed by atoms with E-state index in [1.54, 1.807) is 26.8 Å². The molecular formula is C12H19NO3. The molecule has 1 fully saturated rings. The van der Waals surface area contributed by atoms with Gasteiger partial charge in [0.25, 0.3) is 0 Å². The van der Waals surface area contributed by atoms with E-state index in [1.807, 2.05) is 0 Å². The van der Waals surface area contributed by atoms with Crippen LogP contribution in [0.5, 0.6) is 0 Å². The molecule has 0 aliphatic carbocycles. The average molecular weight is 225 g/mol. The number of rotatable bonds is 3. The van der Waals surface area contributed by atoms with E-state index in [2.05, 4.69) is 6.58 Å². The SMILES string of the molecule is C=CCC1(C=O)CCN1C(=O)OC(C)(C)C. The predicted molar refractivity (Wildman–Crippen MR) is 61.2 cm³/mol. The first kappa shape index (κ1) is 12.7. The Labute approximate surface area is 96.3 Å². The van der Waals surface area contributed by atoms with Gasteiger partial charge in [-0.05, 0) is 33.6 Å². The van der Waals surface area contributed by atoms with Gasteiger partial charge in [0.15, 0.2) is 0 Å². The summed E-state index contributed by atoms with van der Waals surface area (Å²) in [5.74, 6) is 0. The summed E-state index contributed by atoms with van der Waals surface area (Å²) in [6.07, 6.45) is 3.22.